The molecule has 1 heterocycles. The van der Waals surface area contributed by atoms with E-state index in [2.05, 4.69) is 12.3 Å². The number of hydrogen-bond donors (Lipinski definition) is 2. The molecule has 0 atom stereocenters. The van der Waals surface area contributed by atoms with Crippen molar-refractivity contribution < 1.29 is 14.3 Å². The van der Waals surface area contributed by atoms with Crippen molar-refractivity contribution in [2.24, 2.45) is 5.73 Å². The van der Waals surface area contributed by atoms with E-state index in [1.807, 2.05) is 54.6 Å². The van der Waals surface area contributed by atoms with Gasteiger partial charge in [-0.05, 0) is 53.6 Å². The van der Waals surface area contributed by atoms with Crippen LogP contribution in [-0.2, 0) is 9.53 Å². The monoisotopic (exact) mass is 364 g/mol. The van der Waals surface area contributed by atoms with Gasteiger partial charge in [0, 0.05) is 6.21 Å². The van der Waals surface area contributed by atoms with Gasteiger partial charge in [0.1, 0.15) is 5.75 Å². The average molecular weight is 364 g/mol. The fourth-order valence-electron chi connectivity index (χ4n) is 2.20. The molecule has 0 saturated carbocycles. The Kier molecular flexibility index (Phi) is 9.60. The standard InChI is InChI=1S/C13H10O2.C8H9NO.CH5N/c1-10-8-12(9-14)15-7-6-11-4-2-3-5-13(10)11;1-10-8-4-2-3-7(5-8)6-9;1-2/h2-9H,1H2;2-6,9H,1H3;2H2,1H3/b7-6-,12-8-;;. The van der Waals surface area contributed by atoms with E-state index in [0.29, 0.717) is 6.29 Å². The van der Waals surface area contributed by atoms with Crippen LogP contribution in [0.15, 0.2) is 73.2 Å². The topological polar surface area (TPSA) is 85.4 Å². The van der Waals surface area contributed by atoms with Gasteiger partial charge in [-0.25, -0.2) is 0 Å². The van der Waals surface area contributed by atoms with Gasteiger partial charge in [0.05, 0.1) is 13.4 Å². The summed E-state index contributed by atoms with van der Waals surface area (Å²) in [5.41, 5.74) is 8.18. The fraction of sp³-hybridized carbons (Fsp3) is 0.0909. The van der Waals surface area contributed by atoms with Gasteiger partial charge < -0.3 is 20.6 Å². The van der Waals surface area contributed by atoms with Crippen LogP contribution in [0.5, 0.6) is 5.75 Å². The minimum absolute atomic E-state index is 0.269. The van der Waals surface area contributed by atoms with E-state index in [9.17, 15) is 4.79 Å². The summed E-state index contributed by atoms with van der Waals surface area (Å²) < 4.78 is 10.1. The smallest absolute Gasteiger partial charge is 0.185 e. The number of rotatable bonds is 3. The van der Waals surface area contributed by atoms with E-state index in [0.717, 1.165) is 28.0 Å². The number of ether oxygens (including phenoxy) is 2. The average Bonchev–Trinajstić information content (AvgIpc) is 2.73. The Bertz CT molecular complexity index is 839. The summed E-state index contributed by atoms with van der Waals surface area (Å²) in [6.45, 7) is 3.91. The molecule has 2 aromatic rings. The molecule has 140 valence electrons. The number of benzene rings is 2. The van der Waals surface area contributed by atoms with Gasteiger partial charge in [0.15, 0.2) is 12.0 Å². The van der Waals surface area contributed by atoms with Crippen molar-refractivity contribution in [1.82, 2.24) is 0 Å². The van der Waals surface area contributed by atoms with Crippen molar-refractivity contribution >= 4 is 24.1 Å². The number of aldehydes is 1. The maximum absolute atomic E-state index is 10.6. The van der Waals surface area contributed by atoms with E-state index in [-0.39, 0.29) is 5.76 Å². The summed E-state index contributed by atoms with van der Waals surface area (Å²) in [6.07, 6.45) is 6.92. The van der Waals surface area contributed by atoms with Crippen LogP contribution in [0.3, 0.4) is 0 Å². The molecule has 1 aliphatic heterocycles. The zero-order valence-corrected chi connectivity index (χ0v) is 15.5. The van der Waals surface area contributed by atoms with E-state index in [1.165, 1.54) is 19.5 Å². The molecule has 5 nitrogen and oxygen atoms in total. The lowest BCUT2D eigenvalue weighted by atomic mass is 10.00. The molecule has 0 saturated heterocycles. The molecule has 0 aromatic heterocycles. The van der Waals surface area contributed by atoms with Crippen LogP contribution in [0.1, 0.15) is 16.7 Å². The minimum atomic E-state index is 0.269. The van der Waals surface area contributed by atoms with Gasteiger partial charge in [-0.3, -0.25) is 4.79 Å². The molecule has 3 rings (SSSR count). The highest BCUT2D eigenvalue weighted by molar-refractivity contribution is 5.84. The van der Waals surface area contributed by atoms with Gasteiger partial charge in [-0.1, -0.05) is 43.0 Å². The highest BCUT2D eigenvalue weighted by atomic mass is 16.5. The fourth-order valence-corrected chi connectivity index (χ4v) is 2.20. The summed E-state index contributed by atoms with van der Waals surface area (Å²) >= 11 is 0. The van der Waals surface area contributed by atoms with Crippen LogP contribution in [0.4, 0.5) is 0 Å². The Morgan fingerprint density at radius 2 is 1.89 bits per heavy atom. The lowest BCUT2D eigenvalue weighted by Crippen LogP contribution is -1.93. The first-order chi connectivity index (χ1) is 13.2. The third-order valence-electron chi connectivity index (χ3n) is 3.45. The lowest BCUT2D eigenvalue weighted by Gasteiger charge is -2.09. The number of nitrogens with two attached hydrogens (primary N) is 1. The summed E-state index contributed by atoms with van der Waals surface area (Å²) in [5.74, 6) is 1.06. The van der Waals surface area contributed by atoms with Crippen molar-refractivity contribution in [3.8, 4) is 5.75 Å². The number of carbonyl (C=O) groups is 1. The molecular weight excluding hydrogens is 340 g/mol. The number of allylic oxidation sites excluding steroid dienone is 3. The maximum atomic E-state index is 10.6. The number of fused-ring (bicyclic) bond motifs is 1. The normalized spacial score (nSPS) is 14.6. The van der Waals surface area contributed by atoms with Crippen molar-refractivity contribution in [1.29, 1.82) is 5.41 Å². The molecule has 5 heteroatoms. The second kappa shape index (κ2) is 12.0. The van der Waals surface area contributed by atoms with Gasteiger partial charge >= 0.3 is 0 Å². The molecule has 1 aliphatic rings. The van der Waals surface area contributed by atoms with Gasteiger partial charge in [-0.2, -0.15) is 0 Å². The van der Waals surface area contributed by atoms with Gasteiger partial charge in [0.2, 0.25) is 0 Å². The van der Waals surface area contributed by atoms with Crippen LogP contribution >= 0.6 is 0 Å². The molecule has 0 radical (unpaired) electrons. The number of hydrogen-bond acceptors (Lipinski definition) is 5. The Morgan fingerprint density at radius 1 is 1.15 bits per heavy atom. The predicted octanol–water partition coefficient (Wildman–Crippen LogP) is 4.05. The number of methoxy groups -OCH3 is 1. The van der Waals surface area contributed by atoms with Crippen molar-refractivity contribution in [3.05, 3.63) is 89.9 Å². The van der Waals surface area contributed by atoms with Crippen LogP contribution in [-0.4, -0.2) is 26.7 Å². The summed E-state index contributed by atoms with van der Waals surface area (Å²) in [7, 11) is 3.11. The van der Waals surface area contributed by atoms with Crippen LogP contribution in [0, 0.1) is 5.41 Å². The van der Waals surface area contributed by atoms with Crippen molar-refractivity contribution in [3.63, 3.8) is 0 Å². The van der Waals surface area contributed by atoms with Gasteiger partial charge in [-0.15, -0.1) is 0 Å². The second-order valence-electron chi connectivity index (χ2n) is 5.12. The quantitative estimate of drug-likeness (QED) is 0.635. The zero-order chi connectivity index (χ0) is 20.1. The summed E-state index contributed by atoms with van der Waals surface area (Å²) in [4.78, 5) is 10.6. The summed E-state index contributed by atoms with van der Waals surface area (Å²) in [6, 6.07) is 15.2. The first-order valence-corrected chi connectivity index (χ1v) is 8.18. The minimum Gasteiger partial charge on any atom is -0.497 e. The van der Waals surface area contributed by atoms with Gasteiger partial charge in [0.25, 0.3) is 0 Å². The molecule has 3 N–H and O–H groups in total. The summed E-state index contributed by atoms with van der Waals surface area (Å²) in [5, 5.41) is 6.93. The van der Waals surface area contributed by atoms with Crippen molar-refractivity contribution in [2.45, 2.75) is 0 Å². The Labute approximate surface area is 159 Å². The van der Waals surface area contributed by atoms with Crippen LogP contribution in [0.2, 0.25) is 0 Å². The molecule has 27 heavy (non-hydrogen) atoms. The SMILES string of the molecule is C=C1/C=C(/C=O)O/C=C\c2ccccc21.CN.COc1cccc(C=N)c1. The number of nitrogens with one attached hydrogen (secondary N) is 1. The number of carbonyl (C=O) groups excluding carboxylic acids is 1. The Morgan fingerprint density at radius 3 is 2.56 bits per heavy atom. The Hall–Kier alpha value is -3.44. The first-order valence-electron chi connectivity index (χ1n) is 8.18. The molecular formula is C22H24N2O3. The Balaban J connectivity index is 0.000000265. The van der Waals surface area contributed by atoms with E-state index < -0.39 is 0 Å². The first kappa shape index (κ1) is 21.6. The van der Waals surface area contributed by atoms with Crippen molar-refractivity contribution in [2.75, 3.05) is 14.2 Å². The molecule has 0 fully saturated rings. The highest BCUT2D eigenvalue weighted by Crippen LogP contribution is 2.23. The van der Waals surface area contributed by atoms with E-state index in [1.54, 1.807) is 13.2 Å². The predicted molar refractivity (Wildman–Crippen MR) is 111 cm³/mol. The van der Waals surface area contributed by atoms with E-state index >= 15 is 0 Å². The molecule has 0 spiro atoms. The maximum Gasteiger partial charge on any atom is 0.185 e. The second-order valence-corrected chi connectivity index (χ2v) is 5.12. The van der Waals surface area contributed by atoms with Crippen LogP contribution < -0.4 is 10.5 Å². The molecule has 0 amide bonds. The molecule has 0 aliphatic carbocycles. The largest absolute Gasteiger partial charge is 0.497 e. The third kappa shape index (κ3) is 6.76. The zero-order valence-electron chi connectivity index (χ0n) is 15.5. The third-order valence-corrected chi connectivity index (χ3v) is 3.45. The highest BCUT2D eigenvalue weighted by Gasteiger charge is 2.06. The molecule has 0 unspecified atom stereocenters. The molecule has 2 aromatic carbocycles. The lowest BCUT2D eigenvalue weighted by molar-refractivity contribution is -0.107. The van der Waals surface area contributed by atoms with Crippen LogP contribution in [0.25, 0.3) is 11.6 Å². The van der Waals surface area contributed by atoms with E-state index in [4.69, 9.17) is 14.9 Å². The molecule has 0 bridgehead atoms.